The maximum Gasteiger partial charge on any atom is 0.338 e. The number of halogens is 2. The van der Waals surface area contributed by atoms with E-state index in [0.717, 1.165) is 18.8 Å². The normalized spacial score (nSPS) is 20.0. The molecule has 1 unspecified atom stereocenters. The number of thiazole rings is 1. The Bertz CT molecular complexity index is 941. The van der Waals surface area contributed by atoms with Crippen LogP contribution in [0.15, 0.2) is 46.0 Å². The number of hydrogen-bond acceptors (Lipinski definition) is 7. The predicted molar refractivity (Wildman–Crippen MR) is 101 cm³/mol. The third kappa shape index (κ3) is 3.36. The van der Waals surface area contributed by atoms with Gasteiger partial charge in [0.25, 0.3) is 0 Å². The van der Waals surface area contributed by atoms with Gasteiger partial charge in [-0.15, -0.1) is 11.3 Å². The van der Waals surface area contributed by atoms with E-state index >= 15 is 0 Å². The number of methoxy groups -OCH3 is 1. The molecule has 0 spiro atoms. The van der Waals surface area contributed by atoms with Crippen LogP contribution in [-0.4, -0.2) is 37.0 Å². The number of carbonyl (C=O) groups is 1. The Balaban J connectivity index is 1.88. The number of carbonyl (C=O) groups excluding carboxylic acids is 1. The lowest BCUT2D eigenvalue weighted by Gasteiger charge is -2.35. The van der Waals surface area contributed by atoms with Gasteiger partial charge in [-0.25, -0.2) is 14.2 Å². The van der Waals surface area contributed by atoms with Crippen LogP contribution in [0.1, 0.15) is 16.6 Å². The lowest BCUT2D eigenvalue weighted by Crippen LogP contribution is -2.49. The number of nitrogens with one attached hydrogen (secondary N) is 2. The highest BCUT2D eigenvalue weighted by atomic mass is 35.5. The highest BCUT2D eigenvalue weighted by molar-refractivity contribution is 7.11. The quantitative estimate of drug-likeness (QED) is 0.763. The second kappa shape index (κ2) is 7.38. The Labute approximate surface area is 164 Å². The van der Waals surface area contributed by atoms with Gasteiger partial charge in [-0.3, -0.25) is 4.99 Å². The number of aliphatic imine (C=N–C) groups is 1. The molecule has 2 aromatic rings. The van der Waals surface area contributed by atoms with Crippen LogP contribution in [0.3, 0.4) is 0 Å². The zero-order chi connectivity index (χ0) is 19.0. The predicted octanol–water partition coefficient (Wildman–Crippen LogP) is 2.67. The third-order valence-corrected chi connectivity index (χ3v) is 5.67. The average Bonchev–Trinajstić information content (AvgIpc) is 3.14. The summed E-state index contributed by atoms with van der Waals surface area (Å²) in [7, 11) is 1.33. The molecule has 3 heterocycles. The zero-order valence-corrected chi connectivity index (χ0v) is 15.9. The summed E-state index contributed by atoms with van der Waals surface area (Å²) >= 11 is 7.73. The molecule has 1 fully saturated rings. The number of benzene rings is 1. The van der Waals surface area contributed by atoms with E-state index in [9.17, 15) is 9.18 Å². The molecule has 2 aliphatic rings. The molecule has 9 heteroatoms. The van der Waals surface area contributed by atoms with E-state index in [1.165, 1.54) is 30.6 Å². The number of aromatic nitrogens is 1. The minimum atomic E-state index is -0.707. The summed E-state index contributed by atoms with van der Waals surface area (Å²) < 4.78 is 18.6. The first-order valence-electron chi connectivity index (χ1n) is 8.31. The van der Waals surface area contributed by atoms with E-state index in [4.69, 9.17) is 21.3 Å². The van der Waals surface area contributed by atoms with Crippen LogP contribution in [-0.2, 0) is 9.53 Å². The Morgan fingerprint density at radius 1 is 1.41 bits per heavy atom. The van der Waals surface area contributed by atoms with Crippen molar-refractivity contribution in [3.05, 3.63) is 62.5 Å². The van der Waals surface area contributed by atoms with Crippen molar-refractivity contribution in [2.24, 2.45) is 10.9 Å². The van der Waals surface area contributed by atoms with Crippen LogP contribution in [0.5, 0.6) is 0 Å². The van der Waals surface area contributed by atoms with E-state index in [1.54, 1.807) is 12.3 Å². The van der Waals surface area contributed by atoms with Gasteiger partial charge in [0, 0.05) is 46.9 Å². The summed E-state index contributed by atoms with van der Waals surface area (Å²) in [5.41, 5.74) is 1.67. The van der Waals surface area contributed by atoms with Gasteiger partial charge in [-0.1, -0.05) is 17.7 Å². The SMILES string of the molecule is COC(=O)C1=C(C2CNC2)NC(c2nccs2)=NC1c1ccc(F)cc1Cl. The van der Waals surface area contributed by atoms with E-state index < -0.39 is 17.8 Å². The molecule has 6 nitrogen and oxygen atoms in total. The van der Waals surface area contributed by atoms with Crippen LogP contribution in [0, 0.1) is 11.7 Å². The summed E-state index contributed by atoms with van der Waals surface area (Å²) in [6, 6.07) is 3.37. The number of nitrogens with zero attached hydrogens (tertiary/aromatic N) is 2. The smallest absolute Gasteiger partial charge is 0.338 e. The number of ether oxygens (including phenoxy) is 1. The van der Waals surface area contributed by atoms with Crippen molar-refractivity contribution in [3.8, 4) is 0 Å². The monoisotopic (exact) mass is 406 g/mol. The largest absolute Gasteiger partial charge is 0.466 e. The van der Waals surface area contributed by atoms with Crippen LogP contribution < -0.4 is 10.6 Å². The van der Waals surface area contributed by atoms with Crippen molar-refractivity contribution in [2.75, 3.05) is 20.2 Å². The molecule has 0 radical (unpaired) electrons. The second-order valence-electron chi connectivity index (χ2n) is 6.18. The summed E-state index contributed by atoms with van der Waals surface area (Å²) in [5.74, 6) is -0.262. The van der Waals surface area contributed by atoms with E-state index in [0.29, 0.717) is 22.0 Å². The van der Waals surface area contributed by atoms with Crippen molar-refractivity contribution in [2.45, 2.75) is 6.04 Å². The van der Waals surface area contributed by atoms with Gasteiger partial charge >= 0.3 is 5.97 Å². The van der Waals surface area contributed by atoms with E-state index in [1.807, 2.05) is 5.38 Å². The molecule has 4 rings (SSSR count). The maximum atomic E-state index is 13.6. The molecular formula is C18H16ClFN4O2S. The van der Waals surface area contributed by atoms with Crippen LogP contribution in [0.25, 0.3) is 0 Å². The standard InChI is InChI=1S/C18H16ClFN4O2S/c1-26-18(25)13-14(9-7-21-8-9)23-16(17-22-4-5-27-17)24-15(13)11-3-2-10(20)6-12(11)19/h2-6,9,15,21H,7-8H2,1H3,(H,23,24). The number of rotatable bonds is 4. The van der Waals surface area contributed by atoms with E-state index in [2.05, 4.69) is 15.6 Å². The molecule has 0 aliphatic carbocycles. The third-order valence-electron chi connectivity index (χ3n) is 4.56. The van der Waals surface area contributed by atoms with Gasteiger partial charge < -0.3 is 15.4 Å². The Morgan fingerprint density at radius 2 is 2.22 bits per heavy atom. The topological polar surface area (TPSA) is 75.6 Å². The molecular weight excluding hydrogens is 391 g/mol. The molecule has 1 atom stereocenters. The fourth-order valence-electron chi connectivity index (χ4n) is 3.11. The first-order chi connectivity index (χ1) is 13.1. The van der Waals surface area contributed by atoms with Gasteiger partial charge in [-0.2, -0.15) is 0 Å². The molecule has 2 aliphatic heterocycles. The van der Waals surface area contributed by atoms with Gasteiger partial charge in [0.1, 0.15) is 11.9 Å². The average molecular weight is 407 g/mol. The lowest BCUT2D eigenvalue weighted by atomic mass is 9.88. The van der Waals surface area contributed by atoms with Crippen molar-refractivity contribution < 1.29 is 13.9 Å². The maximum absolute atomic E-state index is 13.6. The molecule has 140 valence electrons. The Kier molecular flexibility index (Phi) is 4.94. The molecule has 0 amide bonds. The van der Waals surface area contributed by atoms with Crippen LogP contribution in [0.2, 0.25) is 5.02 Å². The summed E-state index contributed by atoms with van der Waals surface area (Å²) in [6.07, 6.45) is 1.69. The summed E-state index contributed by atoms with van der Waals surface area (Å²) in [5, 5.41) is 9.23. The highest BCUT2D eigenvalue weighted by Crippen LogP contribution is 2.38. The Morgan fingerprint density at radius 3 is 2.81 bits per heavy atom. The molecule has 2 N–H and O–H groups in total. The van der Waals surface area contributed by atoms with Gasteiger partial charge in [0.15, 0.2) is 10.8 Å². The fourth-order valence-corrected chi connectivity index (χ4v) is 3.97. The van der Waals surface area contributed by atoms with Gasteiger partial charge in [0.2, 0.25) is 0 Å². The lowest BCUT2D eigenvalue weighted by molar-refractivity contribution is -0.136. The van der Waals surface area contributed by atoms with Crippen molar-refractivity contribution in [1.82, 2.24) is 15.6 Å². The van der Waals surface area contributed by atoms with E-state index in [-0.39, 0.29) is 10.9 Å². The van der Waals surface area contributed by atoms with Crippen molar-refractivity contribution in [1.29, 1.82) is 0 Å². The highest BCUT2D eigenvalue weighted by Gasteiger charge is 2.37. The molecule has 0 bridgehead atoms. The minimum absolute atomic E-state index is 0.117. The zero-order valence-electron chi connectivity index (χ0n) is 14.3. The van der Waals surface area contributed by atoms with Crippen LogP contribution >= 0.6 is 22.9 Å². The number of hydrogen-bond donors (Lipinski definition) is 2. The molecule has 1 saturated heterocycles. The van der Waals surface area contributed by atoms with Crippen molar-refractivity contribution >= 4 is 34.7 Å². The summed E-state index contributed by atoms with van der Waals surface area (Å²) in [6.45, 7) is 1.47. The van der Waals surface area contributed by atoms with Gasteiger partial charge in [-0.05, 0) is 12.1 Å². The molecule has 0 saturated carbocycles. The second-order valence-corrected chi connectivity index (χ2v) is 7.48. The van der Waals surface area contributed by atoms with Gasteiger partial charge in [0.05, 0.1) is 12.7 Å². The van der Waals surface area contributed by atoms with Crippen molar-refractivity contribution in [3.63, 3.8) is 0 Å². The molecule has 1 aromatic heterocycles. The number of amidine groups is 1. The first-order valence-corrected chi connectivity index (χ1v) is 9.57. The number of esters is 1. The minimum Gasteiger partial charge on any atom is -0.466 e. The van der Waals surface area contributed by atoms with Crippen LogP contribution in [0.4, 0.5) is 4.39 Å². The summed E-state index contributed by atoms with van der Waals surface area (Å²) in [4.78, 5) is 21.6. The fraction of sp³-hybridized carbons (Fsp3) is 0.278. The Hall–Kier alpha value is -2.29. The molecule has 1 aromatic carbocycles. The molecule has 27 heavy (non-hydrogen) atoms. The first kappa shape index (κ1) is 18.1.